The van der Waals surface area contributed by atoms with Crippen molar-refractivity contribution in [2.24, 2.45) is 0 Å². The number of fused-ring (bicyclic) bond motifs is 2. The fourth-order valence-electron chi connectivity index (χ4n) is 5.75. The summed E-state index contributed by atoms with van der Waals surface area (Å²) in [6.45, 7) is 5.32. The SMILES string of the molecule is CNC(=O)c1ccc(-c2ccc3c(c2)CCCN3c2nn([C@H]3CCOC3)c3c2CN(C(C)=O)CC3)cn1. The van der Waals surface area contributed by atoms with E-state index < -0.39 is 0 Å². The molecule has 0 spiro atoms. The van der Waals surface area contributed by atoms with E-state index >= 15 is 0 Å². The van der Waals surface area contributed by atoms with Crippen molar-refractivity contribution in [2.45, 2.75) is 45.2 Å². The van der Waals surface area contributed by atoms with Crippen LogP contribution in [0, 0.1) is 0 Å². The number of carbonyl (C=O) groups is 2. The van der Waals surface area contributed by atoms with Crippen molar-refractivity contribution in [1.29, 1.82) is 0 Å². The van der Waals surface area contributed by atoms with E-state index in [9.17, 15) is 9.59 Å². The van der Waals surface area contributed by atoms with Crippen LogP contribution in [0.3, 0.4) is 0 Å². The van der Waals surface area contributed by atoms with Crippen molar-refractivity contribution < 1.29 is 14.3 Å². The number of pyridine rings is 1. The van der Waals surface area contributed by atoms with Gasteiger partial charge in [-0.2, -0.15) is 5.10 Å². The van der Waals surface area contributed by atoms with Crippen molar-refractivity contribution in [3.8, 4) is 11.1 Å². The predicted molar refractivity (Wildman–Crippen MR) is 140 cm³/mol. The third-order valence-corrected chi connectivity index (χ3v) is 7.77. The number of hydrogen-bond donors (Lipinski definition) is 1. The summed E-state index contributed by atoms with van der Waals surface area (Å²) in [7, 11) is 1.60. The molecule has 2 amide bonds. The lowest BCUT2D eigenvalue weighted by atomic mass is 9.96. The Balaban J connectivity index is 1.36. The van der Waals surface area contributed by atoms with Crippen LogP contribution in [0.15, 0.2) is 36.5 Å². The molecule has 5 heterocycles. The van der Waals surface area contributed by atoms with Gasteiger partial charge in [0.2, 0.25) is 5.91 Å². The summed E-state index contributed by atoms with van der Waals surface area (Å²) < 4.78 is 7.88. The molecule has 3 aliphatic heterocycles. The second-order valence-electron chi connectivity index (χ2n) is 10.0. The molecule has 0 radical (unpaired) electrons. The Hall–Kier alpha value is -3.72. The fraction of sp³-hybridized carbons (Fsp3) is 0.429. The number of rotatable bonds is 4. The third kappa shape index (κ3) is 4.27. The van der Waals surface area contributed by atoms with Gasteiger partial charge in [0, 0.05) is 68.8 Å². The Morgan fingerprint density at radius 3 is 2.70 bits per heavy atom. The second-order valence-corrected chi connectivity index (χ2v) is 10.0. The molecule has 6 rings (SSSR count). The van der Waals surface area contributed by atoms with Gasteiger partial charge in [0.05, 0.1) is 19.2 Å². The Bertz CT molecular complexity index is 1340. The molecule has 192 valence electrons. The fourth-order valence-corrected chi connectivity index (χ4v) is 5.75. The van der Waals surface area contributed by atoms with E-state index in [1.165, 1.54) is 22.5 Å². The summed E-state index contributed by atoms with van der Waals surface area (Å²) in [4.78, 5) is 32.7. The van der Waals surface area contributed by atoms with E-state index in [1.807, 2.05) is 11.0 Å². The van der Waals surface area contributed by atoms with Crippen molar-refractivity contribution in [1.82, 2.24) is 25.0 Å². The average molecular weight is 501 g/mol. The number of amides is 2. The lowest BCUT2D eigenvalue weighted by Crippen LogP contribution is -2.35. The normalized spacial score (nSPS) is 18.9. The van der Waals surface area contributed by atoms with Crippen LogP contribution in [0.4, 0.5) is 11.5 Å². The van der Waals surface area contributed by atoms with E-state index in [4.69, 9.17) is 9.84 Å². The average Bonchev–Trinajstić information content (AvgIpc) is 3.60. The van der Waals surface area contributed by atoms with Gasteiger partial charge in [0.25, 0.3) is 5.91 Å². The zero-order valence-electron chi connectivity index (χ0n) is 21.4. The number of nitrogens with one attached hydrogen (secondary N) is 1. The maximum absolute atomic E-state index is 12.2. The highest BCUT2D eigenvalue weighted by Gasteiger charge is 2.33. The van der Waals surface area contributed by atoms with E-state index in [-0.39, 0.29) is 17.9 Å². The van der Waals surface area contributed by atoms with Crippen LogP contribution in [0.2, 0.25) is 0 Å². The van der Waals surface area contributed by atoms with Crippen molar-refractivity contribution in [2.75, 3.05) is 38.3 Å². The summed E-state index contributed by atoms with van der Waals surface area (Å²) in [6, 6.07) is 10.5. The number of benzene rings is 1. The van der Waals surface area contributed by atoms with Gasteiger partial charge in [-0.05, 0) is 48.6 Å². The van der Waals surface area contributed by atoms with Crippen LogP contribution < -0.4 is 10.2 Å². The minimum absolute atomic E-state index is 0.105. The first-order valence-electron chi connectivity index (χ1n) is 13.1. The van der Waals surface area contributed by atoms with E-state index in [2.05, 4.69) is 38.1 Å². The largest absolute Gasteiger partial charge is 0.379 e. The molecule has 0 aliphatic carbocycles. The third-order valence-electron chi connectivity index (χ3n) is 7.77. The molecule has 9 nitrogen and oxygen atoms in total. The molecule has 1 fully saturated rings. The van der Waals surface area contributed by atoms with Gasteiger partial charge in [-0.15, -0.1) is 0 Å². The van der Waals surface area contributed by atoms with Crippen LogP contribution in [0.5, 0.6) is 0 Å². The summed E-state index contributed by atoms with van der Waals surface area (Å²) in [5.74, 6) is 0.884. The molecule has 0 unspecified atom stereocenters. The predicted octanol–water partition coefficient (Wildman–Crippen LogP) is 3.26. The maximum atomic E-state index is 12.2. The number of aryl methyl sites for hydroxylation is 1. The Morgan fingerprint density at radius 2 is 1.97 bits per heavy atom. The number of aromatic nitrogens is 3. The van der Waals surface area contributed by atoms with Gasteiger partial charge in [-0.25, -0.2) is 0 Å². The van der Waals surface area contributed by atoms with E-state index in [0.29, 0.717) is 18.8 Å². The lowest BCUT2D eigenvalue weighted by molar-refractivity contribution is -0.129. The summed E-state index contributed by atoms with van der Waals surface area (Å²) in [5.41, 5.74) is 7.31. The van der Waals surface area contributed by atoms with E-state index in [0.717, 1.165) is 62.3 Å². The molecule has 2 aromatic heterocycles. The van der Waals surface area contributed by atoms with Crippen LogP contribution >= 0.6 is 0 Å². The second kappa shape index (κ2) is 9.63. The number of nitrogens with zero attached hydrogens (tertiary/aromatic N) is 5. The standard InChI is InChI=1S/C28H32N6O3/c1-18(35)32-12-9-26-23(16-32)27(31-34(26)22-10-13-37-17-22)33-11-3-4-20-14-19(6-8-25(20)33)21-5-7-24(30-15-21)28(36)29-2/h5-8,14-15,22H,3-4,9-13,16-17H2,1-2H3,(H,29,36)/t22-/m0/s1. The van der Waals surface area contributed by atoms with Crippen LogP contribution in [-0.4, -0.2) is 64.8 Å². The van der Waals surface area contributed by atoms with Crippen LogP contribution in [0.25, 0.3) is 11.1 Å². The summed E-state index contributed by atoms with van der Waals surface area (Å²) in [6.07, 6.45) is 5.55. The van der Waals surface area contributed by atoms with Gasteiger partial charge < -0.3 is 19.9 Å². The molecule has 3 aromatic rings. The minimum Gasteiger partial charge on any atom is -0.379 e. The van der Waals surface area contributed by atoms with Gasteiger partial charge in [-0.3, -0.25) is 19.3 Å². The van der Waals surface area contributed by atoms with Crippen molar-refractivity contribution in [3.05, 3.63) is 59.0 Å². The number of carbonyl (C=O) groups excluding carboxylic acids is 2. The molecule has 3 aliphatic rings. The summed E-state index contributed by atoms with van der Waals surface area (Å²) in [5, 5.41) is 7.79. The summed E-state index contributed by atoms with van der Waals surface area (Å²) >= 11 is 0. The monoisotopic (exact) mass is 500 g/mol. The van der Waals surface area contributed by atoms with Gasteiger partial charge in [-0.1, -0.05) is 12.1 Å². The first-order chi connectivity index (χ1) is 18.0. The Labute approximate surface area is 216 Å². The zero-order chi connectivity index (χ0) is 25.5. The maximum Gasteiger partial charge on any atom is 0.269 e. The van der Waals surface area contributed by atoms with Crippen molar-refractivity contribution >= 4 is 23.3 Å². The van der Waals surface area contributed by atoms with Crippen LogP contribution in [0.1, 0.15) is 53.1 Å². The molecule has 37 heavy (non-hydrogen) atoms. The molecular formula is C28H32N6O3. The lowest BCUT2D eigenvalue weighted by Gasteiger charge is -2.32. The molecule has 1 atom stereocenters. The molecule has 1 aromatic carbocycles. The molecular weight excluding hydrogens is 468 g/mol. The Morgan fingerprint density at radius 1 is 1.11 bits per heavy atom. The molecule has 0 saturated carbocycles. The number of hydrogen-bond acceptors (Lipinski definition) is 6. The molecule has 1 N–H and O–H groups in total. The number of anilines is 2. The number of ether oxygens (including phenoxy) is 1. The molecule has 1 saturated heterocycles. The first kappa shape index (κ1) is 23.7. The highest BCUT2D eigenvalue weighted by Crippen LogP contribution is 2.40. The van der Waals surface area contributed by atoms with Crippen LogP contribution in [-0.2, 0) is 28.9 Å². The highest BCUT2D eigenvalue weighted by atomic mass is 16.5. The molecule has 9 heteroatoms. The quantitative estimate of drug-likeness (QED) is 0.591. The molecule has 0 bridgehead atoms. The minimum atomic E-state index is -0.192. The van der Waals surface area contributed by atoms with Gasteiger partial charge >= 0.3 is 0 Å². The van der Waals surface area contributed by atoms with Gasteiger partial charge in [0.15, 0.2) is 5.82 Å². The topological polar surface area (TPSA) is 92.6 Å². The highest BCUT2D eigenvalue weighted by molar-refractivity contribution is 5.92. The van der Waals surface area contributed by atoms with E-state index in [1.54, 1.807) is 26.2 Å². The smallest absolute Gasteiger partial charge is 0.269 e. The zero-order valence-corrected chi connectivity index (χ0v) is 21.4. The Kier molecular flexibility index (Phi) is 6.16. The van der Waals surface area contributed by atoms with Crippen molar-refractivity contribution in [3.63, 3.8) is 0 Å². The first-order valence-corrected chi connectivity index (χ1v) is 13.1. The van der Waals surface area contributed by atoms with Gasteiger partial charge in [0.1, 0.15) is 5.69 Å².